The Morgan fingerprint density at radius 2 is 0.692 bits per heavy atom. The third kappa shape index (κ3) is 5.00. The van der Waals surface area contributed by atoms with Gasteiger partial charge in [0.25, 0.3) is 0 Å². The van der Waals surface area contributed by atoms with Crippen LogP contribution in [0.15, 0.2) is 206 Å². The molecule has 0 heterocycles. The van der Waals surface area contributed by atoms with Crippen LogP contribution in [0.4, 0.5) is 0 Å². The van der Waals surface area contributed by atoms with Crippen LogP contribution in [-0.2, 0) is 0 Å². The maximum Gasteiger partial charge on any atom is 0.0629 e. The predicted octanol–water partition coefficient (Wildman–Crippen LogP) is 14.6. The lowest BCUT2D eigenvalue weighted by molar-refractivity contribution is 1.57. The van der Waals surface area contributed by atoms with Crippen LogP contribution in [0.2, 0.25) is 0 Å². The molecule has 0 saturated carbocycles. The molecule has 0 atom stereocenters. The molecule has 10 aromatic carbocycles. The Labute approximate surface area is 313 Å². The lowest BCUT2D eigenvalue weighted by Gasteiger charge is -2.20. The molecule has 0 unspecified atom stereocenters. The standard InChI is InChI=1S/C52H34/c1-3-16-35(17-4-1)38-32-39(36-18-5-2-6-19-36)34-40(33-38)42-30-31-50(44-24-10-9-23-43(42)44)52-48-27-13-11-25-46(48)51(47-26-12-14-28-49(47)52)45-29-15-21-37-20-7-8-22-41(37)45/h1-34H/i7D,8D,15D,20D,21D,22D,29D. The van der Waals surface area contributed by atoms with E-state index in [-0.39, 0.29) is 46.5 Å². The van der Waals surface area contributed by atoms with Gasteiger partial charge in [0.05, 0.1) is 9.60 Å². The quantitative estimate of drug-likeness (QED) is 0.161. The fraction of sp³-hybridized carbons (Fsp3) is 0. The molecule has 242 valence electrons. The summed E-state index contributed by atoms with van der Waals surface area (Å²) < 4.78 is 61.8. The second kappa shape index (κ2) is 12.5. The van der Waals surface area contributed by atoms with E-state index >= 15 is 0 Å². The van der Waals surface area contributed by atoms with Crippen LogP contribution in [-0.4, -0.2) is 0 Å². The van der Waals surface area contributed by atoms with Crippen LogP contribution in [0.1, 0.15) is 9.60 Å². The molecule has 0 N–H and O–H groups in total. The normalized spacial score (nSPS) is 13.3. The zero-order chi connectivity index (χ0) is 40.5. The minimum absolute atomic E-state index is 0.0578. The Bertz CT molecular complexity index is 3220. The number of hydrogen-bond acceptors (Lipinski definition) is 0. The Morgan fingerprint density at radius 3 is 1.27 bits per heavy atom. The monoisotopic (exact) mass is 665 g/mol. The van der Waals surface area contributed by atoms with Gasteiger partial charge in [-0.05, 0) is 117 Å². The Hall–Kier alpha value is -6.76. The van der Waals surface area contributed by atoms with Gasteiger partial charge in [-0.1, -0.05) is 188 Å². The van der Waals surface area contributed by atoms with Gasteiger partial charge in [-0.3, -0.25) is 0 Å². The lowest BCUT2D eigenvalue weighted by Crippen LogP contribution is -1.93. The summed E-state index contributed by atoms with van der Waals surface area (Å²) in [4.78, 5) is 0. The molecular weight excluding hydrogens is 625 g/mol. The fourth-order valence-corrected chi connectivity index (χ4v) is 7.83. The van der Waals surface area contributed by atoms with E-state index in [1.165, 1.54) is 0 Å². The number of hydrogen-bond donors (Lipinski definition) is 0. The van der Waals surface area contributed by atoms with Crippen molar-refractivity contribution in [1.82, 2.24) is 0 Å². The predicted molar refractivity (Wildman–Crippen MR) is 224 cm³/mol. The van der Waals surface area contributed by atoms with Gasteiger partial charge in [-0.15, -0.1) is 0 Å². The second-order valence-electron chi connectivity index (χ2n) is 13.1. The molecule has 10 rings (SSSR count). The summed E-state index contributed by atoms with van der Waals surface area (Å²) in [5.41, 5.74) is 9.56. The van der Waals surface area contributed by atoms with Gasteiger partial charge < -0.3 is 0 Å². The van der Waals surface area contributed by atoms with Crippen molar-refractivity contribution in [3.8, 4) is 55.6 Å². The average Bonchev–Trinajstić information content (AvgIpc) is 3.29. The van der Waals surface area contributed by atoms with Crippen molar-refractivity contribution in [2.75, 3.05) is 0 Å². The highest BCUT2D eigenvalue weighted by Crippen LogP contribution is 2.47. The number of benzene rings is 10. The molecule has 0 aliphatic heterocycles. The maximum atomic E-state index is 9.31. The Balaban J connectivity index is 1.28. The largest absolute Gasteiger partial charge is 0.0629 e. The zero-order valence-corrected chi connectivity index (χ0v) is 28.1. The highest BCUT2D eigenvalue weighted by atomic mass is 14.2. The minimum Gasteiger partial charge on any atom is -0.0622 e. The SMILES string of the molecule is [2H]c1c([2H])c([2H])c2c(-c3c4ccccc4c(-c4ccc(-c5cc(-c6ccccc6)cc(-c6ccccc6)c5)c5ccccc45)c4ccccc34)c([2H])c([2H])c([2H])c2c1[2H]. The van der Waals surface area contributed by atoms with Gasteiger partial charge in [-0.2, -0.15) is 0 Å². The van der Waals surface area contributed by atoms with Gasteiger partial charge in [0.15, 0.2) is 0 Å². The molecule has 10 aromatic rings. The van der Waals surface area contributed by atoms with E-state index in [9.17, 15) is 1.37 Å². The first kappa shape index (κ1) is 23.6. The zero-order valence-electron chi connectivity index (χ0n) is 35.1. The molecular formula is C52H34. The molecule has 0 nitrogen and oxygen atoms in total. The summed E-state index contributed by atoms with van der Waals surface area (Å²) >= 11 is 0. The number of fused-ring (bicyclic) bond motifs is 4. The van der Waals surface area contributed by atoms with Gasteiger partial charge in [0, 0.05) is 0 Å². The maximum absolute atomic E-state index is 9.31. The van der Waals surface area contributed by atoms with E-state index in [0.717, 1.165) is 76.8 Å². The van der Waals surface area contributed by atoms with Gasteiger partial charge in [0.2, 0.25) is 0 Å². The van der Waals surface area contributed by atoms with Crippen LogP contribution < -0.4 is 0 Å². The molecule has 0 saturated heterocycles. The van der Waals surface area contributed by atoms with Crippen molar-refractivity contribution in [3.05, 3.63) is 206 Å². The van der Waals surface area contributed by atoms with Crippen LogP contribution in [0, 0.1) is 0 Å². The highest BCUT2D eigenvalue weighted by molar-refractivity contribution is 6.25. The lowest BCUT2D eigenvalue weighted by atomic mass is 9.83. The smallest absolute Gasteiger partial charge is 0.0622 e. The summed E-state index contributed by atoms with van der Waals surface area (Å²) in [7, 11) is 0. The third-order valence-corrected chi connectivity index (χ3v) is 10.1. The Morgan fingerprint density at radius 1 is 0.269 bits per heavy atom. The van der Waals surface area contributed by atoms with E-state index in [1.807, 2.05) is 48.5 Å². The summed E-state index contributed by atoms with van der Waals surface area (Å²) in [5, 5.41) is 5.51. The van der Waals surface area contributed by atoms with E-state index in [0.29, 0.717) is 5.56 Å². The van der Waals surface area contributed by atoms with Crippen LogP contribution >= 0.6 is 0 Å². The van der Waals surface area contributed by atoms with Gasteiger partial charge in [0.1, 0.15) is 0 Å². The van der Waals surface area contributed by atoms with Gasteiger partial charge in [-0.25, -0.2) is 0 Å². The molecule has 0 aliphatic carbocycles. The topological polar surface area (TPSA) is 0 Å². The fourth-order valence-electron chi connectivity index (χ4n) is 7.83. The average molecular weight is 666 g/mol. The van der Waals surface area contributed by atoms with Crippen LogP contribution in [0.3, 0.4) is 0 Å². The van der Waals surface area contributed by atoms with Crippen molar-refractivity contribution >= 4 is 43.1 Å². The summed E-state index contributed by atoms with van der Waals surface area (Å²) in [6.45, 7) is 0. The summed E-state index contributed by atoms with van der Waals surface area (Å²) in [5.74, 6) is 0. The van der Waals surface area contributed by atoms with Crippen molar-refractivity contribution in [1.29, 1.82) is 0 Å². The first-order valence-electron chi connectivity index (χ1n) is 20.9. The molecule has 0 heteroatoms. The summed E-state index contributed by atoms with van der Waals surface area (Å²) in [6.07, 6.45) is 0. The van der Waals surface area contributed by atoms with Crippen molar-refractivity contribution < 1.29 is 9.60 Å². The summed E-state index contributed by atoms with van der Waals surface area (Å²) in [6, 6.07) is 53.8. The minimum atomic E-state index is -0.470. The van der Waals surface area contributed by atoms with Crippen LogP contribution in [0.25, 0.3) is 98.7 Å². The molecule has 0 spiro atoms. The molecule has 52 heavy (non-hydrogen) atoms. The second-order valence-corrected chi connectivity index (χ2v) is 13.1. The molecule has 0 radical (unpaired) electrons. The van der Waals surface area contributed by atoms with Gasteiger partial charge >= 0.3 is 0 Å². The molecule has 0 bridgehead atoms. The van der Waals surface area contributed by atoms with E-state index in [2.05, 4.69) is 115 Å². The molecule has 0 amide bonds. The number of rotatable bonds is 5. The van der Waals surface area contributed by atoms with Crippen LogP contribution in [0.5, 0.6) is 0 Å². The molecule has 0 aliphatic rings. The first-order valence-corrected chi connectivity index (χ1v) is 17.4. The van der Waals surface area contributed by atoms with E-state index in [1.54, 1.807) is 0 Å². The van der Waals surface area contributed by atoms with E-state index < -0.39 is 12.1 Å². The third-order valence-electron chi connectivity index (χ3n) is 10.1. The van der Waals surface area contributed by atoms with E-state index in [4.69, 9.17) is 8.22 Å². The van der Waals surface area contributed by atoms with Crippen molar-refractivity contribution in [2.45, 2.75) is 0 Å². The molecule has 0 fully saturated rings. The Kier molecular flexibility index (Phi) is 5.69. The van der Waals surface area contributed by atoms with Crippen molar-refractivity contribution in [3.63, 3.8) is 0 Å². The molecule has 0 aromatic heterocycles. The van der Waals surface area contributed by atoms with Crippen molar-refractivity contribution in [2.24, 2.45) is 0 Å². The highest BCUT2D eigenvalue weighted by Gasteiger charge is 2.20. The first-order chi connectivity index (χ1) is 28.7.